The van der Waals surface area contributed by atoms with Crippen molar-refractivity contribution in [3.63, 3.8) is 0 Å². The van der Waals surface area contributed by atoms with Crippen molar-refractivity contribution >= 4 is 28.7 Å². The first-order valence-corrected chi connectivity index (χ1v) is 8.32. The lowest BCUT2D eigenvalue weighted by molar-refractivity contribution is 0.238. The molecule has 0 aliphatic carbocycles. The summed E-state index contributed by atoms with van der Waals surface area (Å²) in [5.74, 6) is 0. The van der Waals surface area contributed by atoms with Crippen LogP contribution in [0.15, 0.2) is 36.1 Å². The summed E-state index contributed by atoms with van der Waals surface area (Å²) >= 11 is 1.54. The summed E-state index contributed by atoms with van der Waals surface area (Å²) in [6.45, 7) is 5.95. The summed E-state index contributed by atoms with van der Waals surface area (Å²) in [4.78, 5) is 21.0. The number of aryl methyl sites for hydroxylation is 1. The van der Waals surface area contributed by atoms with Crippen molar-refractivity contribution < 1.29 is 4.79 Å². The van der Waals surface area contributed by atoms with Crippen LogP contribution in [0.25, 0.3) is 5.65 Å². The van der Waals surface area contributed by atoms with Crippen molar-refractivity contribution in [1.82, 2.24) is 19.7 Å². The van der Waals surface area contributed by atoms with E-state index < -0.39 is 5.54 Å². The summed E-state index contributed by atoms with van der Waals surface area (Å²) in [7, 11) is 0. The highest BCUT2D eigenvalue weighted by Gasteiger charge is 2.29. The SMILES string of the molecule is CC[C@](C)(NC(=O)Nc1ccc2nc(C)cn2c1)c1nccs1. The number of fused-ring (bicyclic) bond motifs is 1. The molecule has 0 unspecified atom stereocenters. The summed E-state index contributed by atoms with van der Waals surface area (Å²) in [6, 6.07) is 3.47. The maximum absolute atomic E-state index is 12.4. The molecule has 6 nitrogen and oxygen atoms in total. The molecular weight excluding hydrogens is 310 g/mol. The van der Waals surface area contributed by atoms with Gasteiger partial charge in [0.2, 0.25) is 0 Å². The number of carbonyl (C=O) groups excluding carboxylic acids is 1. The van der Waals surface area contributed by atoms with Crippen LogP contribution in [0.4, 0.5) is 10.5 Å². The highest BCUT2D eigenvalue weighted by Crippen LogP contribution is 2.26. The topological polar surface area (TPSA) is 71.3 Å². The zero-order chi connectivity index (χ0) is 16.4. The van der Waals surface area contributed by atoms with Crippen molar-refractivity contribution in [1.29, 1.82) is 0 Å². The summed E-state index contributed by atoms with van der Waals surface area (Å²) in [6.07, 6.45) is 6.28. The van der Waals surface area contributed by atoms with E-state index in [1.165, 1.54) is 0 Å². The van der Waals surface area contributed by atoms with Gasteiger partial charge in [-0.15, -0.1) is 11.3 Å². The molecule has 0 saturated heterocycles. The number of hydrogen-bond donors (Lipinski definition) is 2. The Balaban J connectivity index is 1.75. The Morgan fingerprint density at radius 3 is 2.91 bits per heavy atom. The predicted octanol–water partition coefficient (Wildman–Crippen LogP) is 3.55. The molecule has 3 rings (SSSR count). The van der Waals surface area contributed by atoms with Crippen LogP contribution in [-0.2, 0) is 5.54 Å². The monoisotopic (exact) mass is 329 g/mol. The van der Waals surface area contributed by atoms with Crippen molar-refractivity contribution in [3.05, 3.63) is 46.8 Å². The molecule has 120 valence electrons. The Hall–Kier alpha value is -2.41. The molecular formula is C16H19N5OS. The average Bonchev–Trinajstić information content (AvgIpc) is 3.15. The summed E-state index contributed by atoms with van der Waals surface area (Å²) in [5, 5.41) is 8.71. The third kappa shape index (κ3) is 3.19. The number of pyridine rings is 1. The normalized spacial score (nSPS) is 13.7. The summed E-state index contributed by atoms with van der Waals surface area (Å²) in [5.41, 5.74) is 2.03. The Morgan fingerprint density at radius 2 is 2.22 bits per heavy atom. The number of imidazole rings is 1. The highest BCUT2D eigenvalue weighted by atomic mass is 32.1. The fraction of sp³-hybridized carbons (Fsp3) is 0.312. The minimum Gasteiger partial charge on any atom is -0.326 e. The molecule has 3 heterocycles. The molecule has 0 aliphatic rings. The third-order valence-electron chi connectivity index (χ3n) is 3.83. The first-order valence-electron chi connectivity index (χ1n) is 7.45. The molecule has 0 radical (unpaired) electrons. The molecule has 23 heavy (non-hydrogen) atoms. The fourth-order valence-electron chi connectivity index (χ4n) is 2.39. The van der Waals surface area contributed by atoms with Crippen LogP contribution < -0.4 is 10.6 Å². The number of thiazole rings is 1. The van der Waals surface area contributed by atoms with Gasteiger partial charge in [-0.05, 0) is 32.4 Å². The Labute approximate surface area is 138 Å². The lowest BCUT2D eigenvalue weighted by Crippen LogP contribution is -2.45. The lowest BCUT2D eigenvalue weighted by atomic mass is 10.0. The van der Waals surface area contributed by atoms with Gasteiger partial charge in [-0.2, -0.15) is 0 Å². The second-order valence-electron chi connectivity index (χ2n) is 5.67. The van der Waals surface area contributed by atoms with Crippen LogP contribution in [0, 0.1) is 6.92 Å². The molecule has 0 saturated carbocycles. The number of urea groups is 1. The van der Waals surface area contributed by atoms with Crippen LogP contribution in [0.2, 0.25) is 0 Å². The van der Waals surface area contributed by atoms with E-state index in [-0.39, 0.29) is 6.03 Å². The Morgan fingerprint density at radius 1 is 1.39 bits per heavy atom. The number of nitrogens with one attached hydrogen (secondary N) is 2. The minimum absolute atomic E-state index is 0.249. The van der Waals surface area contributed by atoms with Gasteiger partial charge in [0.05, 0.1) is 16.9 Å². The van der Waals surface area contributed by atoms with E-state index in [0.29, 0.717) is 5.69 Å². The van der Waals surface area contributed by atoms with Crippen molar-refractivity contribution in [2.75, 3.05) is 5.32 Å². The molecule has 7 heteroatoms. The van der Waals surface area contributed by atoms with Crippen molar-refractivity contribution in [2.45, 2.75) is 32.7 Å². The number of nitrogens with zero attached hydrogens (tertiary/aromatic N) is 3. The van der Waals surface area contributed by atoms with Crippen LogP contribution in [0.3, 0.4) is 0 Å². The highest BCUT2D eigenvalue weighted by molar-refractivity contribution is 7.09. The number of carbonyl (C=O) groups is 1. The molecule has 0 fully saturated rings. The first-order chi connectivity index (χ1) is 11.0. The number of amides is 2. The second-order valence-corrected chi connectivity index (χ2v) is 6.56. The van der Waals surface area contributed by atoms with Gasteiger partial charge in [0.15, 0.2) is 0 Å². The zero-order valence-corrected chi connectivity index (χ0v) is 14.1. The smallest absolute Gasteiger partial charge is 0.320 e. The number of aromatic nitrogens is 3. The van der Waals surface area contributed by atoms with Crippen LogP contribution in [0.5, 0.6) is 0 Å². The Kier molecular flexibility index (Phi) is 4.04. The molecule has 0 spiro atoms. The van der Waals surface area contributed by atoms with Gasteiger partial charge < -0.3 is 15.0 Å². The number of anilines is 1. The van der Waals surface area contributed by atoms with Crippen molar-refractivity contribution in [3.8, 4) is 0 Å². The first kappa shape index (κ1) is 15.5. The van der Waals surface area contributed by atoms with E-state index in [0.717, 1.165) is 22.8 Å². The minimum atomic E-state index is -0.478. The molecule has 2 N–H and O–H groups in total. The van der Waals surface area contributed by atoms with E-state index in [2.05, 4.69) is 20.6 Å². The summed E-state index contributed by atoms with van der Waals surface area (Å²) < 4.78 is 1.89. The average molecular weight is 329 g/mol. The zero-order valence-electron chi connectivity index (χ0n) is 13.3. The molecule has 3 aromatic rings. The quantitative estimate of drug-likeness (QED) is 0.769. The molecule has 0 bridgehead atoms. The van der Waals surface area contributed by atoms with Gasteiger partial charge >= 0.3 is 6.03 Å². The van der Waals surface area contributed by atoms with E-state index in [9.17, 15) is 4.79 Å². The fourth-order valence-corrected chi connectivity index (χ4v) is 3.22. The van der Waals surface area contributed by atoms with Crippen LogP contribution in [-0.4, -0.2) is 20.4 Å². The van der Waals surface area contributed by atoms with Gasteiger partial charge in [0, 0.05) is 24.0 Å². The second kappa shape index (κ2) is 6.00. The number of rotatable bonds is 4. The largest absolute Gasteiger partial charge is 0.326 e. The maximum atomic E-state index is 12.4. The van der Waals surface area contributed by atoms with Gasteiger partial charge in [0.1, 0.15) is 10.7 Å². The van der Waals surface area contributed by atoms with E-state index in [1.807, 2.05) is 55.1 Å². The molecule has 1 atom stereocenters. The molecule has 0 aliphatic heterocycles. The van der Waals surface area contributed by atoms with E-state index in [4.69, 9.17) is 0 Å². The number of hydrogen-bond acceptors (Lipinski definition) is 4. The Bertz CT molecular complexity index is 826. The van der Waals surface area contributed by atoms with Gasteiger partial charge in [0.25, 0.3) is 0 Å². The molecule has 2 amide bonds. The van der Waals surface area contributed by atoms with E-state index in [1.54, 1.807) is 17.5 Å². The predicted molar refractivity (Wildman–Crippen MR) is 91.8 cm³/mol. The maximum Gasteiger partial charge on any atom is 0.320 e. The van der Waals surface area contributed by atoms with Crippen LogP contribution in [0.1, 0.15) is 31.0 Å². The van der Waals surface area contributed by atoms with Gasteiger partial charge in [-0.1, -0.05) is 6.92 Å². The van der Waals surface area contributed by atoms with E-state index >= 15 is 0 Å². The molecule has 3 aromatic heterocycles. The van der Waals surface area contributed by atoms with Gasteiger partial charge in [-0.25, -0.2) is 14.8 Å². The lowest BCUT2D eigenvalue weighted by Gasteiger charge is -2.27. The van der Waals surface area contributed by atoms with Crippen molar-refractivity contribution in [2.24, 2.45) is 0 Å². The van der Waals surface area contributed by atoms with Gasteiger partial charge in [-0.3, -0.25) is 0 Å². The van der Waals surface area contributed by atoms with Crippen LogP contribution >= 0.6 is 11.3 Å². The third-order valence-corrected chi connectivity index (χ3v) is 4.87. The standard InChI is InChI=1S/C16H19N5OS/c1-4-16(3,14-17-7-8-23-14)20-15(22)19-12-5-6-13-18-11(2)9-21(13)10-12/h5-10H,4H2,1-3H3,(H2,19,20,22)/t16-/m0/s1. The molecule has 0 aromatic carbocycles.